The molecule has 0 bridgehead atoms. The highest BCUT2D eigenvalue weighted by Gasteiger charge is 2.37. The van der Waals surface area contributed by atoms with Crippen LogP contribution in [0.2, 0.25) is 0 Å². The topological polar surface area (TPSA) is 44.8 Å². The van der Waals surface area contributed by atoms with Crippen LogP contribution in [0.15, 0.2) is 0 Å². The van der Waals surface area contributed by atoms with E-state index in [-0.39, 0.29) is 12.2 Å². The lowest BCUT2D eigenvalue weighted by atomic mass is 10.1. The highest BCUT2D eigenvalue weighted by Crippen LogP contribution is 2.19. The van der Waals surface area contributed by atoms with E-state index in [0.717, 1.165) is 58.7 Å². The normalized spacial score (nSPS) is 27.8. The molecule has 5 heteroatoms. The summed E-state index contributed by atoms with van der Waals surface area (Å²) in [5.74, 6) is 0.901. The Balaban J connectivity index is 1.81. The summed E-state index contributed by atoms with van der Waals surface area (Å²) < 4.78 is 5.37. The van der Waals surface area contributed by atoms with Gasteiger partial charge in [-0.15, -0.1) is 0 Å². The molecule has 0 aromatic carbocycles. The first-order valence-corrected chi connectivity index (χ1v) is 8.48. The molecule has 2 aliphatic rings. The Labute approximate surface area is 129 Å². The first-order valence-electron chi connectivity index (χ1n) is 8.48. The monoisotopic (exact) mass is 297 g/mol. The van der Waals surface area contributed by atoms with Crippen LogP contribution in [-0.2, 0) is 9.53 Å². The molecular weight excluding hydrogens is 266 g/mol. The van der Waals surface area contributed by atoms with Gasteiger partial charge in [-0.3, -0.25) is 15.0 Å². The summed E-state index contributed by atoms with van der Waals surface area (Å²) in [4.78, 5) is 17.0. The second-order valence-electron chi connectivity index (χ2n) is 6.61. The molecule has 2 heterocycles. The molecule has 1 amide bonds. The first kappa shape index (κ1) is 16.7. The van der Waals surface area contributed by atoms with Gasteiger partial charge >= 0.3 is 0 Å². The maximum absolute atomic E-state index is 12.4. The van der Waals surface area contributed by atoms with Crippen molar-refractivity contribution in [3.63, 3.8) is 0 Å². The maximum atomic E-state index is 12.4. The number of rotatable bonds is 7. The fraction of sp³-hybridized carbons (Fsp3) is 0.938. The highest BCUT2D eigenvalue weighted by atomic mass is 16.5. The van der Waals surface area contributed by atoms with E-state index >= 15 is 0 Å². The molecule has 0 aromatic heterocycles. The Morgan fingerprint density at radius 3 is 2.62 bits per heavy atom. The average molecular weight is 297 g/mol. The summed E-state index contributed by atoms with van der Waals surface area (Å²) in [7, 11) is 0. The van der Waals surface area contributed by atoms with Crippen LogP contribution in [-0.4, -0.2) is 67.3 Å². The van der Waals surface area contributed by atoms with Crippen LogP contribution in [0, 0.1) is 5.92 Å². The van der Waals surface area contributed by atoms with Crippen molar-refractivity contribution in [1.82, 2.24) is 15.1 Å². The zero-order valence-corrected chi connectivity index (χ0v) is 13.8. The maximum Gasteiger partial charge on any atom is 0.241 e. The third kappa shape index (κ3) is 4.66. The van der Waals surface area contributed by atoms with Crippen LogP contribution in [0.3, 0.4) is 0 Å². The van der Waals surface area contributed by atoms with Gasteiger partial charge in [0.2, 0.25) is 5.91 Å². The highest BCUT2D eigenvalue weighted by molar-refractivity contribution is 5.84. The number of morpholine rings is 1. The Bertz CT molecular complexity index is 329. The van der Waals surface area contributed by atoms with Crippen molar-refractivity contribution in [2.75, 3.05) is 39.4 Å². The molecule has 5 nitrogen and oxygen atoms in total. The van der Waals surface area contributed by atoms with E-state index in [1.165, 1.54) is 0 Å². The number of ether oxygens (including phenoxy) is 1. The Kier molecular flexibility index (Phi) is 6.45. The fourth-order valence-corrected chi connectivity index (χ4v) is 3.24. The summed E-state index contributed by atoms with van der Waals surface area (Å²) in [6.45, 7) is 12.2. The minimum atomic E-state index is 0.0251. The Hall–Kier alpha value is -0.650. The molecule has 21 heavy (non-hydrogen) atoms. The van der Waals surface area contributed by atoms with Crippen LogP contribution in [0.4, 0.5) is 0 Å². The van der Waals surface area contributed by atoms with Crippen LogP contribution >= 0.6 is 0 Å². The van der Waals surface area contributed by atoms with E-state index in [9.17, 15) is 4.79 Å². The molecule has 0 aliphatic carbocycles. The third-order valence-electron chi connectivity index (χ3n) is 4.43. The van der Waals surface area contributed by atoms with Gasteiger partial charge in [0.1, 0.15) is 0 Å². The summed E-state index contributed by atoms with van der Waals surface area (Å²) in [6, 6.07) is 0.0251. The standard InChI is InChI=1S/C16H31N3O2/c1-4-14-16(20)19(15(17-14)12-13(2)3)7-5-6-18-8-10-21-11-9-18/h13-15,17H,4-12H2,1-3H3. The molecule has 2 saturated heterocycles. The van der Waals surface area contributed by atoms with Gasteiger partial charge in [0, 0.05) is 26.2 Å². The average Bonchev–Trinajstić information content (AvgIpc) is 2.76. The molecule has 0 spiro atoms. The molecule has 2 fully saturated rings. The van der Waals surface area contributed by atoms with Crippen LogP contribution in [0.5, 0.6) is 0 Å². The largest absolute Gasteiger partial charge is 0.379 e. The Morgan fingerprint density at radius 2 is 2.00 bits per heavy atom. The van der Waals surface area contributed by atoms with Crippen molar-refractivity contribution in [3.05, 3.63) is 0 Å². The summed E-state index contributed by atoms with van der Waals surface area (Å²) in [6.07, 6.45) is 3.21. The molecule has 2 atom stereocenters. The van der Waals surface area contributed by atoms with Crippen molar-refractivity contribution >= 4 is 5.91 Å². The van der Waals surface area contributed by atoms with Gasteiger partial charge in [0.05, 0.1) is 25.4 Å². The summed E-state index contributed by atoms with van der Waals surface area (Å²) in [5.41, 5.74) is 0. The predicted octanol–water partition coefficient (Wildman–Crippen LogP) is 1.29. The molecule has 0 aromatic rings. The molecule has 2 unspecified atom stereocenters. The van der Waals surface area contributed by atoms with Crippen molar-refractivity contribution in [2.45, 2.75) is 52.2 Å². The lowest BCUT2D eigenvalue weighted by Crippen LogP contribution is -2.41. The molecule has 0 saturated carbocycles. The molecule has 2 aliphatic heterocycles. The van der Waals surface area contributed by atoms with E-state index in [1.807, 2.05) is 0 Å². The zero-order chi connectivity index (χ0) is 15.2. The van der Waals surface area contributed by atoms with Crippen LogP contribution < -0.4 is 5.32 Å². The molecule has 1 N–H and O–H groups in total. The zero-order valence-electron chi connectivity index (χ0n) is 13.8. The van der Waals surface area contributed by atoms with E-state index in [0.29, 0.717) is 11.8 Å². The molecule has 0 radical (unpaired) electrons. The lowest BCUT2D eigenvalue weighted by Gasteiger charge is -2.29. The van der Waals surface area contributed by atoms with Crippen molar-refractivity contribution < 1.29 is 9.53 Å². The van der Waals surface area contributed by atoms with E-state index in [4.69, 9.17) is 4.74 Å². The fourth-order valence-electron chi connectivity index (χ4n) is 3.24. The van der Waals surface area contributed by atoms with Crippen molar-refractivity contribution in [2.24, 2.45) is 5.92 Å². The van der Waals surface area contributed by atoms with Crippen LogP contribution in [0.1, 0.15) is 40.0 Å². The SMILES string of the molecule is CCC1NC(CC(C)C)N(CCCN2CCOCC2)C1=O. The molecule has 2 rings (SSSR count). The lowest BCUT2D eigenvalue weighted by molar-refractivity contribution is -0.130. The van der Waals surface area contributed by atoms with Gasteiger partial charge in [0.25, 0.3) is 0 Å². The van der Waals surface area contributed by atoms with Crippen LogP contribution in [0.25, 0.3) is 0 Å². The van der Waals surface area contributed by atoms with Gasteiger partial charge in [0.15, 0.2) is 0 Å². The van der Waals surface area contributed by atoms with Gasteiger partial charge in [-0.25, -0.2) is 0 Å². The third-order valence-corrected chi connectivity index (χ3v) is 4.43. The minimum absolute atomic E-state index is 0.0251. The Morgan fingerprint density at radius 1 is 1.29 bits per heavy atom. The van der Waals surface area contributed by atoms with Gasteiger partial charge in [-0.05, 0) is 25.2 Å². The summed E-state index contributed by atoms with van der Waals surface area (Å²) >= 11 is 0. The van der Waals surface area contributed by atoms with E-state index < -0.39 is 0 Å². The van der Waals surface area contributed by atoms with Gasteiger partial charge < -0.3 is 9.64 Å². The predicted molar refractivity (Wildman–Crippen MR) is 84.0 cm³/mol. The number of hydrogen-bond acceptors (Lipinski definition) is 4. The number of nitrogens with one attached hydrogen (secondary N) is 1. The number of carbonyl (C=O) groups is 1. The smallest absolute Gasteiger partial charge is 0.241 e. The van der Waals surface area contributed by atoms with E-state index in [1.54, 1.807) is 0 Å². The number of hydrogen-bond donors (Lipinski definition) is 1. The van der Waals surface area contributed by atoms with Crippen molar-refractivity contribution in [3.8, 4) is 0 Å². The van der Waals surface area contributed by atoms with Gasteiger partial charge in [-0.2, -0.15) is 0 Å². The summed E-state index contributed by atoms with van der Waals surface area (Å²) in [5, 5.41) is 3.50. The number of carbonyl (C=O) groups excluding carboxylic acids is 1. The molecule has 122 valence electrons. The van der Waals surface area contributed by atoms with E-state index in [2.05, 4.69) is 35.9 Å². The van der Waals surface area contributed by atoms with Gasteiger partial charge in [-0.1, -0.05) is 20.8 Å². The first-order chi connectivity index (χ1) is 10.1. The quantitative estimate of drug-likeness (QED) is 0.769. The molecular formula is C16H31N3O2. The van der Waals surface area contributed by atoms with Crippen molar-refractivity contribution in [1.29, 1.82) is 0 Å². The number of amides is 1. The second-order valence-corrected chi connectivity index (χ2v) is 6.61. The minimum Gasteiger partial charge on any atom is -0.379 e. The second kappa shape index (κ2) is 8.11. The number of nitrogens with zero attached hydrogens (tertiary/aromatic N) is 2.